The average Bonchev–Trinajstić information content (AvgIpc) is 2.86. The Morgan fingerprint density at radius 2 is 2.00 bits per heavy atom. The number of hydrogen-bond acceptors (Lipinski definition) is 2. The molecule has 1 heterocycles. The molecule has 16 heavy (non-hydrogen) atoms. The number of carboxylic acids is 1. The number of urea groups is 1. The first-order valence-corrected chi connectivity index (χ1v) is 5.63. The minimum Gasteiger partial charge on any atom is -0.480 e. The molecule has 1 fully saturated rings. The van der Waals surface area contributed by atoms with E-state index in [1.807, 2.05) is 12.2 Å². The van der Waals surface area contributed by atoms with Crippen LogP contribution in [0.15, 0.2) is 12.2 Å². The summed E-state index contributed by atoms with van der Waals surface area (Å²) in [6, 6.07) is -0.740. The molecule has 1 aliphatic heterocycles. The Kier molecular flexibility index (Phi) is 3.12. The van der Waals surface area contributed by atoms with Crippen LogP contribution in [-0.2, 0) is 4.79 Å². The van der Waals surface area contributed by atoms with E-state index in [0.29, 0.717) is 13.0 Å². The van der Waals surface area contributed by atoms with Crippen LogP contribution < -0.4 is 5.32 Å². The summed E-state index contributed by atoms with van der Waals surface area (Å²) in [6.45, 7) is 0.545. The maximum atomic E-state index is 11.8. The Morgan fingerprint density at radius 1 is 1.31 bits per heavy atom. The van der Waals surface area contributed by atoms with Crippen molar-refractivity contribution in [2.75, 3.05) is 6.54 Å². The molecule has 0 unspecified atom stereocenters. The molecule has 0 saturated carbocycles. The van der Waals surface area contributed by atoms with Crippen molar-refractivity contribution in [3.8, 4) is 0 Å². The monoisotopic (exact) mass is 224 g/mol. The molecule has 0 spiro atoms. The molecule has 0 bridgehead atoms. The van der Waals surface area contributed by atoms with Gasteiger partial charge in [-0.25, -0.2) is 9.59 Å². The fourth-order valence-electron chi connectivity index (χ4n) is 2.26. The van der Waals surface area contributed by atoms with E-state index in [1.54, 1.807) is 0 Å². The maximum Gasteiger partial charge on any atom is 0.326 e. The van der Waals surface area contributed by atoms with Gasteiger partial charge in [-0.15, -0.1) is 0 Å². The van der Waals surface area contributed by atoms with Crippen LogP contribution in [0.2, 0.25) is 0 Å². The van der Waals surface area contributed by atoms with E-state index < -0.39 is 12.0 Å². The molecule has 5 heteroatoms. The van der Waals surface area contributed by atoms with Gasteiger partial charge in [0.25, 0.3) is 0 Å². The van der Waals surface area contributed by atoms with E-state index in [4.69, 9.17) is 5.11 Å². The molecule has 0 radical (unpaired) electrons. The minimum atomic E-state index is -0.905. The first-order chi connectivity index (χ1) is 7.68. The topological polar surface area (TPSA) is 69.6 Å². The van der Waals surface area contributed by atoms with Crippen molar-refractivity contribution in [1.82, 2.24) is 10.2 Å². The summed E-state index contributed by atoms with van der Waals surface area (Å²) in [4.78, 5) is 24.2. The Bertz CT molecular complexity index is 319. The van der Waals surface area contributed by atoms with Gasteiger partial charge in [0.05, 0.1) is 0 Å². The van der Waals surface area contributed by atoms with Crippen molar-refractivity contribution < 1.29 is 14.7 Å². The normalized spacial score (nSPS) is 25.0. The van der Waals surface area contributed by atoms with Crippen molar-refractivity contribution >= 4 is 12.0 Å². The van der Waals surface area contributed by atoms with E-state index in [9.17, 15) is 9.59 Å². The lowest BCUT2D eigenvalue weighted by atomic mass is 10.2. The Labute approximate surface area is 94.1 Å². The number of carbonyl (C=O) groups is 2. The van der Waals surface area contributed by atoms with Gasteiger partial charge in [0.15, 0.2) is 0 Å². The Hall–Kier alpha value is -1.52. The first-order valence-electron chi connectivity index (χ1n) is 5.63. The highest BCUT2D eigenvalue weighted by Crippen LogP contribution is 2.18. The molecule has 2 N–H and O–H groups in total. The SMILES string of the molecule is O=C(O)[C@H]1CCCN1C(=O)NC1CC=CC1. The second-order valence-electron chi connectivity index (χ2n) is 4.28. The second kappa shape index (κ2) is 4.55. The standard InChI is InChI=1S/C11H16N2O3/c14-10(15)9-6-3-7-13(9)11(16)12-8-4-1-2-5-8/h1-2,8-9H,3-7H2,(H,12,16)(H,14,15)/t9-/m1/s1. The van der Waals surface area contributed by atoms with Crippen LogP contribution in [-0.4, -0.2) is 40.6 Å². The third kappa shape index (κ3) is 2.18. The quantitative estimate of drug-likeness (QED) is 0.686. The van der Waals surface area contributed by atoms with Crippen molar-refractivity contribution in [1.29, 1.82) is 0 Å². The van der Waals surface area contributed by atoms with E-state index in [-0.39, 0.29) is 12.1 Å². The summed E-state index contributed by atoms with van der Waals surface area (Å²) in [5, 5.41) is 11.8. The molecule has 0 aromatic heterocycles. The summed E-state index contributed by atoms with van der Waals surface area (Å²) in [7, 11) is 0. The molecule has 2 aliphatic rings. The summed E-state index contributed by atoms with van der Waals surface area (Å²) in [5.74, 6) is -0.905. The molecule has 1 atom stereocenters. The molecule has 5 nitrogen and oxygen atoms in total. The number of rotatable bonds is 2. The lowest BCUT2D eigenvalue weighted by molar-refractivity contribution is -0.141. The summed E-state index contributed by atoms with van der Waals surface area (Å²) < 4.78 is 0. The summed E-state index contributed by atoms with van der Waals surface area (Å²) in [6.07, 6.45) is 7.08. The highest BCUT2D eigenvalue weighted by Gasteiger charge is 2.34. The average molecular weight is 224 g/mol. The number of hydrogen-bond donors (Lipinski definition) is 2. The molecule has 2 amide bonds. The largest absolute Gasteiger partial charge is 0.480 e. The van der Waals surface area contributed by atoms with Crippen molar-refractivity contribution in [3.63, 3.8) is 0 Å². The molecule has 0 aromatic rings. The molecule has 2 rings (SSSR count). The van der Waals surface area contributed by atoms with Crippen LogP contribution in [0.3, 0.4) is 0 Å². The molecule has 1 saturated heterocycles. The zero-order valence-corrected chi connectivity index (χ0v) is 9.06. The zero-order valence-electron chi connectivity index (χ0n) is 9.06. The van der Waals surface area contributed by atoms with Crippen molar-refractivity contribution in [2.24, 2.45) is 0 Å². The van der Waals surface area contributed by atoms with E-state index in [2.05, 4.69) is 5.32 Å². The van der Waals surface area contributed by atoms with E-state index in [1.165, 1.54) is 4.90 Å². The van der Waals surface area contributed by atoms with Gasteiger partial charge in [-0.3, -0.25) is 0 Å². The highest BCUT2D eigenvalue weighted by atomic mass is 16.4. The molecule has 0 aromatic carbocycles. The van der Waals surface area contributed by atoms with Gasteiger partial charge < -0.3 is 15.3 Å². The summed E-state index contributed by atoms with van der Waals surface area (Å²) >= 11 is 0. The van der Waals surface area contributed by atoms with Crippen LogP contribution in [0.25, 0.3) is 0 Å². The fourth-order valence-corrected chi connectivity index (χ4v) is 2.26. The zero-order chi connectivity index (χ0) is 11.5. The minimum absolute atomic E-state index is 0.141. The van der Waals surface area contributed by atoms with Gasteiger partial charge in [-0.05, 0) is 25.7 Å². The lowest BCUT2D eigenvalue weighted by Gasteiger charge is -2.24. The smallest absolute Gasteiger partial charge is 0.326 e. The highest BCUT2D eigenvalue weighted by molar-refractivity contribution is 5.83. The van der Waals surface area contributed by atoms with Crippen LogP contribution in [0.5, 0.6) is 0 Å². The predicted molar refractivity (Wildman–Crippen MR) is 58.1 cm³/mol. The molecule has 1 aliphatic carbocycles. The number of nitrogens with zero attached hydrogens (tertiary/aromatic N) is 1. The number of nitrogens with one attached hydrogen (secondary N) is 1. The van der Waals surface area contributed by atoms with Gasteiger partial charge in [0.2, 0.25) is 0 Å². The van der Waals surface area contributed by atoms with E-state index in [0.717, 1.165) is 19.3 Å². The summed E-state index contributed by atoms with van der Waals surface area (Å²) in [5.41, 5.74) is 0. The lowest BCUT2D eigenvalue weighted by Crippen LogP contribution is -2.48. The van der Waals surface area contributed by atoms with Gasteiger partial charge in [-0.1, -0.05) is 12.2 Å². The predicted octanol–water partition coefficient (Wildman–Crippen LogP) is 0.964. The Morgan fingerprint density at radius 3 is 2.62 bits per heavy atom. The van der Waals surface area contributed by atoms with Crippen molar-refractivity contribution in [3.05, 3.63) is 12.2 Å². The third-order valence-corrected chi connectivity index (χ3v) is 3.13. The third-order valence-electron chi connectivity index (χ3n) is 3.13. The van der Waals surface area contributed by atoms with Crippen LogP contribution in [0, 0.1) is 0 Å². The fraction of sp³-hybridized carbons (Fsp3) is 0.636. The first kappa shape index (κ1) is 11.0. The van der Waals surface area contributed by atoms with Crippen molar-refractivity contribution in [2.45, 2.75) is 37.8 Å². The van der Waals surface area contributed by atoms with Gasteiger partial charge in [-0.2, -0.15) is 0 Å². The molecular weight excluding hydrogens is 208 g/mol. The van der Waals surface area contributed by atoms with Crippen LogP contribution >= 0.6 is 0 Å². The maximum absolute atomic E-state index is 11.8. The number of carboxylic acid groups (broad SMARTS) is 1. The number of carbonyl (C=O) groups excluding carboxylic acids is 1. The van der Waals surface area contributed by atoms with Gasteiger partial charge >= 0.3 is 12.0 Å². The second-order valence-corrected chi connectivity index (χ2v) is 4.28. The molecular formula is C11H16N2O3. The van der Waals surface area contributed by atoms with E-state index >= 15 is 0 Å². The number of likely N-dealkylation sites (tertiary alicyclic amines) is 1. The number of aliphatic carboxylic acids is 1. The molecule has 88 valence electrons. The van der Waals surface area contributed by atoms with Crippen LogP contribution in [0.4, 0.5) is 4.79 Å². The Balaban J connectivity index is 1.90. The van der Waals surface area contributed by atoms with Crippen LogP contribution in [0.1, 0.15) is 25.7 Å². The number of amides is 2. The van der Waals surface area contributed by atoms with Gasteiger partial charge in [0.1, 0.15) is 6.04 Å². The van der Waals surface area contributed by atoms with Gasteiger partial charge in [0, 0.05) is 12.6 Å².